The molecule has 3 rings (SSSR count). The Hall–Kier alpha value is -2.11. The van der Waals surface area contributed by atoms with E-state index in [9.17, 15) is 9.18 Å². The number of carbonyl (C=O) groups is 1. The molecule has 0 radical (unpaired) electrons. The third kappa shape index (κ3) is 1.93. The number of carbonyl (C=O) groups excluding carboxylic acids is 1. The van der Waals surface area contributed by atoms with Crippen molar-refractivity contribution in [2.45, 2.75) is 25.8 Å². The Morgan fingerprint density at radius 1 is 1.53 bits per heavy atom. The molecular weight excluding hydrogens is 247 g/mol. The summed E-state index contributed by atoms with van der Waals surface area (Å²) in [5, 5.41) is 2.82. The normalized spacial score (nSPS) is 19.7. The van der Waals surface area contributed by atoms with Crippen molar-refractivity contribution in [3.63, 3.8) is 0 Å². The van der Waals surface area contributed by atoms with Gasteiger partial charge in [0.05, 0.1) is 17.1 Å². The zero-order valence-electron chi connectivity index (χ0n) is 10.6. The molecule has 1 aromatic heterocycles. The third-order valence-electron chi connectivity index (χ3n) is 3.60. The summed E-state index contributed by atoms with van der Waals surface area (Å²) < 4.78 is 15.4. The second kappa shape index (κ2) is 4.22. The fraction of sp³-hybridized carbons (Fsp3) is 0.385. The summed E-state index contributed by atoms with van der Waals surface area (Å²) in [5.74, 6) is 0.136. The van der Waals surface area contributed by atoms with E-state index in [1.54, 1.807) is 13.0 Å². The number of halogens is 1. The van der Waals surface area contributed by atoms with Crippen LogP contribution in [0.5, 0.6) is 0 Å². The van der Waals surface area contributed by atoms with Crippen LogP contribution < -0.4 is 11.1 Å². The van der Waals surface area contributed by atoms with Gasteiger partial charge in [-0.15, -0.1) is 0 Å². The van der Waals surface area contributed by atoms with Gasteiger partial charge in [-0.25, -0.2) is 9.37 Å². The number of benzene rings is 1. The molecule has 1 unspecified atom stereocenters. The van der Waals surface area contributed by atoms with E-state index < -0.39 is 0 Å². The van der Waals surface area contributed by atoms with E-state index in [2.05, 4.69) is 10.3 Å². The lowest BCUT2D eigenvalue weighted by Gasteiger charge is -2.25. The van der Waals surface area contributed by atoms with Crippen molar-refractivity contribution < 1.29 is 9.18 Å². The number of nitrogens with one attached hydrogen (secondary N) is 1. The van der Waals surface area contributed by atoms with Crippen molar-refractivity contribution in [3.8, 4) is 0 Å². The molecule has 19 heavy (non-hydrogen) atoms. The van der Waals surface area contributed by atoms with Crippen molar-refractivity contribution in [2.75, 3.05) is 12.3 Å². The van der Waals surface area contributed by atoms with Gasteiger partial charge in [0.1, 0.15) is 5.82 Å². The maximum atomic E-state index is 13.5. The Morgan fingerprint density at radius 3 is 3.00 bits per heavy atom. The first-order valence-corrected chi connectivity index (χ1v) is 6.26. The van der Waals surface area contributed by atoms with Gasteiger partial charge in [0.2, 0.25) is 11.9 Å². The van der Waals surface area contributed by atoms with E-state index in [1.807, 2.05) is 4.57 Å². The van der Waals surface area contributed by atoms with Gasteiger partial charge in [-0.2, -0.15) is 0 Å². The number of nitrogens with zero attached hydrogens (tertiary/aromatic N) is 2. The lowest BCUT2D eigenvalue weighted by atomic mass is 10.1. The molecule has 0 saturated carbocycles. The number of imidazole rings is 1. The summed E-state index contributed by atoms with van der Waals surface area (Å²) in [4.78, 5) is 15.4. The SMILES string of the molecule is Cc1cc2c(cc1F)nc(N)n2C1CCC(=O)NC1. The summed E-state index contributed by atoms with van der Waals surface area (Å²) in [7, 11) is 0. The molecule has 2 aromatic rings. The van der Waals surface area contributed by atoms with Gasteiger partial charge >= 0.3 is 0 Å². The first-order chi connectivity index (χ1) is 9.06. The molecule has 0 bridgehead atoms. The van der Waals surface area contributed by atoms with Crippen LogP contribution in [0.15, 0.2) is 12.1 Å². The number of rotatable bonds is 1. The monoisotopic (exact) mass is 262 g/mol. The maximum absolute atomic E-state index is 13.5. The molecule has 1 amide bonds. The fourth-order valence-electron chi connectivity index (χ4n) is 2.56. The second-order valence-corrected chi connectivity index (χ2v) is 4.93. The van der Waals surface area contributed by atoms with Crippen molar-refractivity contribution >= 4 is 22.9 Å². The number of amides is 1. The fourth-order valence-corrected chi connectivity index (χ4v) is 2.56. The summed E-state index contributed by atoms with van der Waals surface area (Å²) >= 11 is 0. The Bertz CT molecular complexity index is 654. The van der Waals surface area contributed by atoms with Crippen LogP contribution in [0.25, 0.3) is 11.0 Å². The van der Waals surface area contributed by atoms with Crippen LogP contribution in [0.1, 0.15) is 24.4 Å². The largest absolute Gasteiger partial charge is 0.369 e. The smallest absolute Gasteiger partial charge is 0.220 e. The molecule has 6 heteroatoms. The number of aryl methyl sites for hydroxylation is 1. The Balaban J connectivity index is 2.10. The van der Waals surface area contributed by atoms with E-state index in [4.69, 9.17) is 5.73 Å². The molecule has 0 aliphatic carbocycles. The first kappa shape index (κ1) is 12.0. The standard InChI is InChI=1S/C13H15FN4O/c1-7-4-11-10(5-9(7)14)17-13(15)18(11)8-2-3-12(19)16-6-8/h4-5,8H,2-3,6H2,1H3,(H2,15,17)(H,16,19). The van der Waals surface area contributed by atoms with Crippen molar-refractivity contribution in [3.05, 3.63) is 23.5 Å². The van der Waals surface area contributed by atoms with Crippen molar-refractivity contribution in [2.24, 2.45) is 0 Å². The molecule has 3 N–H and O–H groups in total. The molecule has 100 valence electrons. The van der Waals surface area contributed by atoms with E-state index >= 15 is 0 Å². The van der Waals surface area contributed by atoms with Crippen LogP contribution in [0, 0.1) is 12.7 Å². The van der Waals surface area contributed by atoms with Gasteiger partial charge < -0.3 is 15.6 Å². The molecule has 1 fully saturated rings. The Kier molecular flexibility index (Phi) is 2.66. The summed E-state index contributed by atoms with van der Waals surface area (Å²) in [5.41, 5.74) is 7.87. The van der Waals surface area contributed by atoms with E-state index in [0.717, 1.165) is 11.9 Å². The molecule has 1 aliphatic heterocycles. The minimum absolute atomic E-state index is 0.0569. The number of nitrogen functional groups attached to an aromatic ring is 1. The number of hydrogen-bond acceptors (Lipinski definition) is 3. The highest BCUT2D eigenvalue weighted by atomic mass is 19.1. The number of hydrogen-bond donors (Lipinski definition) is 2. The van der Waals surface area contributed by atoms with Gasteiger partial charge in [-0.05, 0) is 25.0 Å². The average molecular weight is 262 g/mol. The molecule has 0 spiro atoms. The van der Waals surface area contributed by atoms with Crippen LogP contribution in [-0.2, 0) is 4.79 Å². The number of piperidine rings is 1. The van der Waals surface area contributed by atoms with Crippen molar-refractivity contribution in [1.82, 2.24) is 14.9 Å². The third-order valence-corrected chi connectivity index (χ3v) is 3.60. The maximum Gasteiger partial charge on any atom is 0.220 e. The van der Waals surface area contributed by atoms with Gasteiger partial charge in [0, 0.05) is 19.0 Å². The van der Waals surface area contributed by atoms with Crippen LogP contribution in [-0.4, -0.2) is 22.0 Å². The molecular formula is C13H15FN4O. The molecule has 1 atom stereocenters. The number of anilines is 1. The molecule has 1 aliphatic rings. The summed E-state index contributed by atoms with van der Waals surface area (Å²) in [6, 6.07) is 3.23. The van der Waals surface area contributed by atoms with Crippen LogP contribution >= 0.6 is 0 Å². The highest BCUT2D eigenvalue weighted by molar-refractivity contribution is 5.80. The van der Waals surface area contributed by atoms with Gasteiger partial charge in [0.25, 0.3) is 0 Å². The quantitative estimate of drug-likeness (QED) is 0.818. The number of aromatic nitrogens is 2. The lowest BCUT2D eigenvalue weighted by Crippen LogP contribution is -2.36. The molecule has 2 heterocycles. The Morgan fingerprint density at radius 2 is 2.32 bits per heavy atom. The van der Waals surface area contributed by atoms with Gasteiger partial charge in [0.15, 0.2) is 0 Å². The zero-order valence-corrected chi connectivity index (χ0v) is 10.6. The first-order valence-electron chi connectivity index (χ1n) is 6.26. The second-order valence-electron chi connectivity index (χ2n) is 4.93. The predicted molar refractivity (Wildman–Crippen MR) is 70.1 cm³/mol. The molecule has 5 nitrogen and oxygen atoms in total. The van der Waals surface area contributed by atoms with Crippen LogP contribution in [0.3, 0.4) is 0 Å². The number of nitrogens with two attached hydrogens (primary N) is 1. The summed E-state index contributed by atoms with van der Waals surface area (Å²) in [6.45, 7) is 2.25. The number of fused-ring (bicyclic) bond motifs is 1. The van der Waals surface area contributed by atoms with Gasteiger partial charge in [-0.1, -0.05) is 0 Å². The van der Waals surface area contributed by atoms with Crippen LogP contribution in [0.4, 0.5) is 10.3 Å². The van der Waals surface area contributed by atoms with Crippen molar-refractivity contribution in [1.29, 1.82) is 0 Å². The van der Waals surface area contributed by atoms with E-state index in [-0.39, 0.29) is 17.8 Å². The van der Waals surface area contributed by atoms with Gasteiger partial charge in [-0.3, -0.25) is 4.79 Å². The van der Waals surface area contributed by atoms with E-state index in [1.165, 1.54) is 6.07 Å². The van der Waals surface area contributed by atoms with Crippen LogP contribution in [0.2, 0.25) is 0 Å². The molecule has 1 saturated heterocycles. The zero-order chi connectivity index (χ0) is 13.6. The highest BCUT2D eigenvalue weighted by Gasteiger charge is 2.23. The molecule has 1 aromatic carbocycles. The Labute approximate surface area is 109 Å². The van der Waals surface area contributed by atoms with E-state index in [0.29, 0.717) is 30.0 Å². The predicted octanol–water partition coefficient (Wildman–Crippen LogP) is 1.52. The topological polar surface area (TPSA) is 72.9 Å². The average Bonchev–Trinajstić information content (AvgIpc) is 2.67. The summed E-state index contributed by atoms with van der Waals surface area (Å²) in [6.07, 6.45) is 1.20. The minimum Gasteiger partial charge on any atom is -0.369 e. The lowest BCUT2D eigenvalue weighted by molar-refractivity contribution is -0.122. The minimum atomic E-state index is -0.283. The highest BCUT2D eigenvalue weighted by Crippen LogP contribution is 2.28.